The molecule has 0 aliphatic rings. The van der Waals surface area contributed by atoms with Crippen LogP contribution in [0.15, 0.2) is 12.1 Å². The zero-order chi connectivity index (χ0) is 20.6. The predicted octanol–water partition coefficient (Wildman–Crippen LogP) is 4.23. The lowest BCUT2D eigenvalue weighted by Gasteiger charge is -2.28. The molecule has 1 aromatic heterocycles. The molecule has 0 atom stereocenters. The number of H-pyrrole nitrogens is 1. The number of nitrogens with zero attached hydrogens (tertiary/aromatic N) is 3. The second kappa shape index (κ2) is 6.81. The molecule has 0 saturated heterocycles. The maximum atomic E-state index is 10.8. The fraction of sp³-hybridized carbons (Fsp3) is 0.381. The van der Waals surface area contributed by atoms with Crippen LogP contribution in [0, 0.1) is 22.7 Å². The fourth-order valence-corrected chi connectivity index (χ4v) is 2.87. The fourth-order valence-electron chi connectivity index (χ4n) is 2.87. The van der Waals surface area contributed by atoms with Crippen LogP contribution in [0.1, 0.15) is 69.5 Å². The van der Waals surface area contributed by atoms with Crippen LogP contribution in [0.3, 0.4) is 0 Å². The quantitative estimate of drug-likeness (QED) is 0.689. The molecule has 0 spiro atoms. The van der Waals surface area contributed by atoms with Crippen molar-refractivity contribution in [3.63, 3.8) is 0 Å². The van der Waals surface area contributed by atoms with Gasteiger partial charge in [-0.3, -0.25) is 5.10 Å². The molecular formula is C21H25N5O. The third kappa shape index (κ3) is 3.96. The van der Waals surface area contributed by atoms with Gasteiger partial charge in [-0.05, 0) is 34.6 Å². The van der Waals surface area contributed by atoms with Crippen LogP contribution in [0.5, 0.6) is 5.75 Å². The van der Waals surface area contributed by atoms with E-state index in [1.807, 2.05) is 59.7 Å². The number of hydrogen-bond donors (Lipinski definition) is 3. The summed E-state index contributed by atoms with van der Waals surface area (Å²) in [6.07, 6.45) is 1.68. The van der Waals surface area contributed by atoms with Crippen molar-refractivity contribution in [3.05, 3.63) is 40.1 Å². The van der Waals surface area contributed by atoms with Crippen molar-refractivity contribution in [1.82, 2.24) is 10.2 Å². The van der Waals surface area contributed by atoms with E-state index in [-0.39, 0.29) is 33.5 Å². The summed E-state index contributed by atoms with van der Waals surface area (Å²) in [6, 6.07) is 7.82. The van der Waals surface area contributed by atoms with Crippen molar-refractivity contribution in [2.75, 3.05) is 5.73 Å². The van der Waals surface area contributed by atoms with Gasteiger partial charge in [0, 0.05) is 11.1 Å². The van der Waals surface area contributed by atoms with Crippen LogP contribution in [0.25, 0.3) is 11.6 Å². The van der Waals surface area contributed by atoms with Crippen molar-refractivity contribution in [1.29, 1.82) is 10.5 Å². The largest absolute Gasteiger partial charge is 0.507 e. The van der Waals surface area contributed by atoms with Crippen molar-refractivity contribution >= 4 is 17.5 Å². The van der Waals surface area contributed by atoms with E-state index in [4.69, 9.17) is 5.73 Å². The molecule has 4 N–H and O–H groups in total. The van der Waals surface area contributed by atoms with Crippen LogP contribution in [0.4, 0.5) is 5.82 Å². The van der Waals surface area contributed by atoms with E-state index in [9.17, 15) is 15.6 Å². The number of allylic oxidation sites excluding steroid dienone is 1. The standard InChI is InChI=1S/C21H25N5O/c1-20(2,3)15-8-12(9-16(18(15)27)21(4,5)6)7-13(10-22)17-14(11-23)19(24)26-25-17/h7-9,27H,1-6H3,(H3,24,25,26)/b13-7+. The first-order valence-electron chi connectivity index (χ1n) is 8.64. The van der Waals surface area contributed by atoms with Gasteiger partial charge in [-0.1, -0.05) is 41.5 Å². The Morgan fingerprint density at radius 3 is 2.04 bits per heavy atom. The molecule has 140 valence electrons. The molecule has 0 amide bonds. The predicted molar refractivity (Wildman–Crippen MR) is 107 cm³/mol. The Balaban J connectivity index is 2.76. The van der Waals surface area contributed by atoms with Gasteiger partial charge in [0.1, 0.15) is 23.5 Å². The Labute approximate surface area is 159 Å². The number of anilines is 1. The Morgan fingerprint density at radius 2 is 1.63 bits per heavy atom. The third-order valence-electron chi connectivity index (χ3n) is 4.36. The average Bonchev–Trinajstić information content (AvgIpc) is 2.92. The molecule has 27 heavy (non-hydrogen) atoms. The van der Waals surface area contributed by atoms with E-state index >= 15 is 0 Å². The summed E-state index contributed by atoms with van der Waals surface area (Å²) in [7, 11) is 0. The molecule has 2 aromatic rings. The minimum atomic E-state index is -0.281. The van der Waals surface area contributed by atoms with E-state index in [1.165, 1.54) is 0 Å². The highest BCUT2D eigenvalue weighted by atomic mass is 16.3. The van der Waals surface area contributed by atoms with E-state index in [0.29, 0.717) is 5.69 Å². The highest BCUT2D eigenvalue weighted by Gasteiger charge is 2.26. The van der Waals surface area contributed by atoms with Crippen LogP contribution >= 0.6 is 0 Å². The molecule has 0 unspecified atom stereocenters. The summed E-state index contributed by atoms with van der Waals surface area (Å²) in [5.74, 6) is 0.333. The minimum absolute atomic E-state index is 0.0603. The van der Waals surface area contributed by atoms with Gasteiger partial charge in [-0.15, -0.1) is 0 Å². The molecule has 0 aliphatic heterocycles. The van der Waals surface area contributed by atoms with Gasteiger partial charge >= 0.3 is 0 Å². The number of nitrogens with two attached hydrogens (primary N) is 1. The number of phenols is 1. The Bertz CT molecular complexity index is 951. The zero-order valence-electron chi connectivity index (χ0n) is 16.6. The van der Waals surface area contributed by atoms with Crippen LogP contribution in [-0.4, -0.2) is 15.3 Å². The van der Waals surface area contributed by atoms with Gasteiger partial charge < -0.3 is 10.8 Å². The second-order valence-corrected chi connectivity index (χ2v) is 8.61. The van der Waals surface area contributed by atoms with Gasteiger partial charge in [-0.25, -0.2) is 0 Å². The number of phenolic OH excluding ortho intramolecular Hbond substituents is 1. The number of benzene rings is 1. The summed E-state index contributed by atoms with van der Waals surface area (Å²) in [5, 5.41) is 36.2. The SMILES string of the molecule is CC(C)(C)c1cc(/C=C(\C#N)c2[nH]nc(N)c2C#N)cc(C(C)(C)C)c1O. The summed E-state index contributed by atoms with van der Waals surface area (Å²) in [5.41, 5.74) is 8.16. The van der Waals surface area contributed by atoms with E-state index in [1.54, 1.807) is 6.08 Å². The highest BCUT2D eigenvalue weighted by molar-refractivity contribution is 5.91. The number of rotatable bonds is 2. The van der Waals surface area contributed by atoms with Crippen LogP contribution in [0.2, 0.25) is 0 Å². The van der Waals surface area contributed by atoms with Crippen molar-refractivity contribution < 1.29 is 5.11 Å². The van der Waals surface area contributed by atoms with Crippen molar-refractivity contribution in [2.45, 2.75) is 52.4 Å². The topological polar surface area (TPSA) is 123 Å². The smallest absolute Gasteiger partial charge is 0.163 e. The molecule has 6 heteroatoms. The number of aromatic amines is 1. The van der Waals surface area contributed by atoms with E-state index in [2.05, 4.69) is 16.3 Å². The van der Waals surface area contributed by atoms with Crippen molar-refractivity contribution in [2.24, 2.45) is 0 Å². The number of nitrogens with one attached hydrogen (secondary N) is 1. The van der Waals surface area contributed by atoms with E-state index < -0.39 is 0 Å². The van der Waals surface area contributed by atoms with Gasteiger partial charge in [0.15, 0.2) is 5.82 Å². The molecule has 1 heterocycles. The van der Waals surface area contributed by atoms with Crippen LogP contribution in [-0.2, 0) is 10.8 Å². The molecular weight excluding hydrogens is 338 g/mol. The number of aromatic hydroxyl groups is 1. The molecule has 2 rings (SSSR count). The second-order valence-electron chi connectivity index (χ2n) is 8.61. The van der Waals surface area contributed by atoms with E-state index in [0.717, 1.165) is 16.7 Å². The minimum Gasteiger partial charge on any atom is -0.507 e. The van der Waals surface area contributed by atoms with Gasteiger partial charge in [0.2, 0.25) is 0 Å². The number of hydrogen-bond acceptors (Lipinski definition) is 5. The lowest BCUT2D eigenvalue weighted by atomic mass is 9.78. The first-order chi connectivity index (χ1) is 12.4. The summed E-state index contributed by atoms with van der Waals surface area (Å²) in [6.45, 7) is 12.1. The van der Waals surface area contributed by atoms with Crippen molar-refractivity contribution in [3.8, 4) is 17.9 Å². The lowest BCUT2D eigenvalue weighted by molar-refractivity contribution is 0.423. The maximum Gasteiger partial charge on any atom is 0.163 e. The monoisotopic (exact) mass is 363 g/mol. The molecule has 0 saturated carbocycles. The Hall–Kier alpha value is -3.25. The summed E-state index contributed by atoms with van der Waals surface area (Å²) >= 11 is 0. The number of nitrogen functional groups attached to an aromatic ring is 1. The Morgan fingerprint density at radius 1 is 1.11 bits per heavy atom. The summed E-state index contributed by atoms with van der Waals surface area (Å²) < 4.78 is 0. The van der Waals surface area contributed by atoms with Gasteiger partial charge in [0.05, 0.1) is 11.3 Å². The Kier molecular flexibility index (Phi) is 5.06. The normalized spacial score (nSPS) is 12.5. The number of aromatic nitrogens is 2. The maximum absolute atomic E-state index is 10.8. The number of nitriles is 2. The highest BCUT2D eigenvalue weighted by Crippen LogP contribution is 2.40. The third-order valence-corrected chi connectivity index (χ3v) is 4.36. The summed E-state index contributed by atoms with van der Waals surface area (Å²) in [4.78, 5) is 0. The van der Waals surface area contributed by atoms with Crippen LogP contribution < -0.4 is 5.73 Å². The molecule has 0 aliphatic carbocycles. The molecule has 6 nitrogen and oxygen atoms in total. The first-order valence-corrected chi connectivity index (χ1v) is 8.64. The zero-order valence-corrected chi connectivity index (χ0v) is 16.6. The van der Waals surface area contributed by atoms with Gasteiger partial charge in [-0.2, -0.15) is 15.6 Å². The molecule has 0 fully saturated rings. The lowest BCUT2D eigenvalue weighted by Crippen LogP contribution is -2.17. The van der Waals surface area contributed by atoms with Gasteiger partial charge in [0.25, 0.3) is 0 Å². The molecule has 0 radical (unpaired) electrons. The molecule has 1 aromatic carbocycles. The molecule has 0 bridgehead atoms. The first kappa shape index (κ1) is 20.1. The average molecular weight is 363 g/mol.